The van der Waals surface area contributed by atoms with E-state index in [1.807, 2.05) is 13.2 Å². The van der Waals surface area contributed by atoms with Crippen molar-refractivity contribution in [1.82, 2.24) is 15.4 Å². The molecule has 6 heteroatoms. The predicted molar refractivity (Wildman–Crippen MR) is 58.9 cm³/mol. The van der Waals surface area contributed by atoms with E-state index in [1.54, 1.807) is 18.7 Å². The zero-order chi connectivity index (χ0) is 11.3. The molecule has 1 unspecified atom stereocenters. The second kappa shape index (κ2) is 5.75. The molecular weight excluding hydrogens is 214 g/mol. The lowest BCUT2D eigenvalue weighted by Crippen LogP contribution is -2.09. The highest BCUT2D eigenvalue weighted by molar-refractivity contribution is 7.98. The number of hydrogen-bond acceptors (Lipinski definition) is 5. The van der Waals surface area contributed by atoms with Crippen LogP contribution in [0.15, 0.2) is 0 Å². The number of aromatic amines is 1. The molecule has 0 saturated heterocycles. The molecule has 0 aliphatic heterocycles. The summed E-state index contributed by atoms with van der Waals surface area (Å²) >= 11 is 1.65. The molecule has 15 heavy (non-hydrogen) atoms. The highest BCUT2D eigenvalue weighted by Gasteiger charge is 2.22. The Morgan fingerprint density at radius 1 is 1.53 bits per heavy atom. The second-order valence-corrected chi connectivity index (χ2v) is 3.95. The average Bonchev–Trinajstić information content (AvgIpc) is 2.69. The summed E-state index contributed by atoms with van der Waals surface area (Å²) < 4.78 is 4.90. The first-order chi connectivity index (χ1) is 7.24. The summed E-state index contributed by atoms with van der Waals surface area (Å²) in [5.41, 5.74) is 0.988. The summed E-state index contributed by atoms with van der Waals surface area (Å²) in [6.45, 7) is 4.16. The zero-order valence-electron chi connectivity index (χ0n) is 9.11. The number of esters is 1. The number of ether oxygens (including phenoxy) is 1. The van der Waals surface area contributed by atoms with Gasteiger partial charge >= 0.3 is 5.97 Å². The van der Waals surface area contributed by atoms with E-state index in [2.05, 4.69) is 15.4 Å². The van der Waals surface area contributed by atoms with Gasteiger partial charge in [0.25, 0.3) is 0 Å². The Morgan fingerprint density at radius 2 is 2.27 bits per heavy atom. The minimum absolute atomic E-state index is 0.183. The molecule has 5 nitrogen and oxygen atoms in total. The Kier molecular flexibility index (Phi) is 4.61. The monoisotopic (exact) mass is 229 g/mol. The fraction of sp³-hybridized carbons (Fsp3) is 0.667. The van der Waals surface area contributed by atoms with Crippen LogP contribution in [0, 0.1) is 0 Å². The molecule has 0 aliphatic carbocycles. The van der Waals surface area contributed by atoms with E-state index in [1.165, 1.54) is 0 Å². The maximum atomic E-state index is 11.5. The molecule has 1 aromatic rings. The third-order valence-electron chi connectivity index (χ3n) is 2.00. The van der Waals surface area contributed by atoms with Crippen LogP contribution in [0.25, 0.3) is 0 Å². The van der Waals surface area contributed by atoms with Crippen LogP contribution >= 0.6 is 11.8 Å². The van der Waals surface area contributed by atoms with Gasteiger partial charge < -0.3 is 4.74 Å². The van der Waals surface area contributed by atoms with E-state index in [0.717, 1.165) is 6.42 Å². The second-order valence-electron chi connectivity index (χ2n) is 2.91. The highest BCUT2D eigenvalue weighted by atomic mass is 32.2. The van der Waals surface area contributed by atoms with E-state index in [9.17, 15) is 4.79 Å². The van der Waals surface area contributed by atoms with E-state index in [-0.39, 0.29) is 5.25 Å². The zero-order valence-corrected chi connectivity index (χ0v) is 9.93. The number of thioether (sulfide) groups is 1. The Balaban J connectivity index is 2.89. The van der Waals surface area contributed by atoms with Crippen molar-refractivity contribution in [3.63, 3.8) is 0 Å². The molecule has 1 rings (SSSR count). The Morgan fingerprint density at radius 3 is 2.80 bits per heavy atom. The lowest BCUT2D eigenvalue weighted by atomic mass is 10.2. The Labute approximate surface area is 93.0 Å². The SMILES string of the molecule is CCOC(=O)c1n[nH]nc1C(CC)SC. The predicted octanol–water partition coefficient (Wildman–Crippen LogP) is 1.80. The maximum absolute atomic E-state index is 11.5. The van der Waals surface area contributed by atoms with Gasteiger partial charge in [0.1, 0.15) is 5.69 Å². The Hall–Kier alpha value is -1.04. The minimum Gasteiger partial charge on any atom is -0.461 e. The smallest absolute Gasteiger partial charge is 0.360 e. The van der Waals surface area contributed by atoms with Crippen LogP contribution in [0.3, 0.4) is 0 Å². The maximum Gasteiger partial charge on any atom is 0.360 e. The first kappa shape index (κ1) is 12.0. The van der Waals surface area contributed by atoms with E-state index >= 15 is 0 Å². The van der Waals surface area contributed by atoms with Crippen LogP contribution in [0.5, 0.6) is 0 Å². The number of nitrogens with one attached hydrogen (secondary N) is 1. The van der Waals surface area contributed by atoms with Gasteiger partial charge in [-0.2, -0.15) is 22.1 Å². The van der Waals surface area contributed by atoms with Gasteiger partial charge in [-0.15, -0.1) is 5.10 Å². The molecule has 84 valence electrons. The summed E-state index contributed by atoms with van der Waals surface area (Å²) in [5, 5.41) is 10.5. The van der Waals surface area contributed by atoms with Crippen molar-refractivity contribution in [2.45, 2.75) is 25.5 Å². The minimum atomic E-state index is -0.409. The highest BCUT2D eigenvalue weighted by Crippen LogP contribution is 2.29. The molecule has 0 bridgehead atoms. The number of aromatic nitrogens is 3. The standard InChI is InChI=1S/C9H15N3O2S/c1-4-6(15-3)7-8(11-12-10-7)9(13)14-5-2/h6H,4-5H2,1-3H3,(H,10,11,12). The Bertz CT molecular complexity index is 323. The number of carbonyl (C=O) groups excluding carboxylic acids is 1. The molecular formula is C9H15N3O2S. The van der Waals surface area contributed by atoms with Crippen molar-refractivity contribution in [3.8, 4) is 0 Å². The van der Waals surface area contributed by atoms with Crippen molar-refractivity contribution < 1.29 is 9.53 Å². The van der Waals surface area contributed by atoms with Crippen LogP contribution in [0.1, 0.15) is 41.7 Å². The van der Waals surface area contributed by atoms with Crippen LogP contribution < -0.4 is 0 Å². The third kappa shape index (κ3) is 2.71. The summed E-state index contributed by atoms with van der Waals surface area (Å²) in [4.78, 5) is 11.5. The molecule has 1 aromatic heterocycles. The largest absolute Gasteiger partial charge is 0.461 e. The van der Waals surface area contributed by atoms with Crippen LogP contribution in [-0.2, 0) is 4.74 Å². The van der Waals surface area contributed by atoms with E-state index in [0.29, 0.717) is 18.0 Å². The topological polar surface area (TPSA) is 67.9 Å². The van der Waals surface area contributed by atoms with Crippen molar-refractivity contribution in [2.24, 2.45) is 0 Å². The summed E-state index contributed by atoms with van der Waals surface area (Å²) in [7, 11) is 0. The first-order valence-electron chi connectivity index (χ1n) is 4.85. The van der Waals surface area contributed by atoms with Crippen molar-refractivity contribution in [3.05, 3.63) is 11.4 Å². The van der Waals surface area contributed by atoms with Gasteiger partial charge in [-0.1, -0.05) is 6.92 Å². The van der Waals surface area contributed by atoms with Gasteiger partial charge in [0.2, 0.25) is 0 Å². The first-order valence-corrected chi connectivity index (χ1v) is 6.13. The van der Waals surface area contributed by atoms with E-state index < -0.39 is 5.97 Å². The number of hydrogen-bond donors (Lipinski definition) is 1. The molecule has 0 aromatic carbocycles. The van der Waals surface area contributed by atoms with Gasteiger partial charge in [0.15, 0.2) is 5.69 Å². The van der Waals surface area contributed by atoms with Crippen LogP contribution in [-0.4, -0.2) is 34.2 Å². The van der Waals surface area contributed by atoms with Crippen LogP contribution in [0.2, 0.25) is 0 Å². The van der Waals surface area contributed by atoms with Gasteiger partial charge in [-0.3, -0.25) is 0 Å². The van der Waals surface area contributed by atoms with Crippen molar-refractivity contribution in [2.75, 3.05) is 12.9 Å². The fourth-order valence-electron chi connectivity index (χ4n) is 1.28. The molecule has 1 heterocycles. The number of H-pyrrole nitrogens is 1. The molecule has 1 atom stereocenters. The summed E-state index contributed by atoms with van der Waals surface area (Å²) in [5.74, 6) is -0.409. The molecule has 0 aliphatic rings. The average molecular weight is 229 g/mol. The molecule has 0 fully saturated rings. The normalized spacial score (nSPS) is 12.5. The quantitative estimate of drug-likeness (QED) is 0.780. The summed E-state index contributed by atoms with van der Waals surface area (Å²) in [6.07, 6.45) is 2.89. The summed E-state index contributed by atoms with van der Waals surface area (Å²) in [6, 6.07) is 0. The molecule has 0 spiro atoms. The van der Waals surface area contributed by atoms with Gasteiger partial charge in [-0.25, -0.2) is 4.79 Å². The van der Waals surface area contributed by atoms with Gasteiger partial charge in [0, 0.05) is 0 Å². The lowest BCUT2D eigenvalue weighted by molar-refractivity contribution is 0.0518. The number of nitrogens with zero attached hydrogens (tertiary/aromatic N) is 2. The molecule has 0 radical (unpaired) electrons. The van der Waals surface area contributed by atoms with Crippen molar-refractivity contribution in [1.29, 1.82) is 0 Å². The third-order valence-corrected chi connectivity index (χ3v) is 3.13. The lowest BCUT2D eigenvalue weighted by Gasteiger charge is -2.09. The fourth-order valence-corrected chi connectivity index (χ4v) is 2.01. The van der Waals surface area contributed by atoms with Crippen LogP contribution in [0.4, 0.5) is 0 Å². The molecule has 0 saturated carbocycles. The molecule has 1 N–H and O–H groups in total. The number of rotatable bonds is 5. The van der Waals surface area contributed by atoms with Gasteiger partial charge in [-0.05, 0) is 19.6 Å². The molecule has 0 amide bonds. The van der Waals surface area contributed by atoms with Crippen molar-refractivity contribution >= 4 is 17.7 Å². The van der Waals surface area contributed by atoms with Gasteiger partial charge in [0.05, 0.1) is 11.9 Å². The number of carbonyl (C=O) groups is 1. The van der Waals surface area contributed by atoms with E-state index in [4.69, 9.17) is 4.74 Å².